The molecule has 0 bridgehead atoms. The highest BCUT2D eigenvalue weighted by molar-refractivity contribution is 7.91. The Labute approximate surface area is 142 Å². The zero-order chi connectivity index (χ0) is 18.3. The van der Waals surface area contributed by atoms with Gasteiger partial charge in [0.05, 0.1) is 0 Å². The highest BCUT2D eigenvalue weighted by atomic mass is 32.2. The zero-order valence-corrected chi connectivity index (χ0v) is 15.3. The van der Waals surface area contributed by atoms with Crippen molar-refractivity contribution in [1.29, 1.82) is 0 Å². The van der Waals surface area contributed by atoms with Gasteiger partial charge in [-0.1, -0.05) is 29.8 Å². The molecule has 1 aromatic carbocycles. The molecular formula is C17H23NO5S. The maximum atomic E-state index is 12.1. The fraction of sp³-hybridized carbons (Fsp3) is 0.529. The number of rotatable bonds is 4. The molecule has 1 saturated carbocycles. The van der Waals surface area contributed by atoms with Crippen LogP contribution in [0.15, 0.2) is 24.3 Å². The smallest absolute Gasteiger partial charge is 0.408 e. The minimum absolute atomic E-state index is 0.507. The van der Waals surface area contributed by atoms with E-state index in [9.17, 15) is 18.0 Å². The summed E-state index contributed by atoms with van der Waals surface area (Å²) in [5, 5.41) is 1.48. The monoisotopic (exact) mass is 353 g/mol. The van der Waals surface area contributed by atoms with Crippen LogP contribution in [0.25, 0.3) is 0 Å². The van der Waals surface area contributed by atoms with Crippen molar-refractivity contribution in [1.82, 2.24) is 5.32 Å². The van der Waals surface area contributed by atoms with Gasteiger partial charge in [0.15, 0.2) is 9.84 Å². The molecule has 0 heterocycles. The van der Waals surface area contributed by atoms with Gasteiger partial charge in [-0.05, 0) is 33.3 Å². The van der Waals surface area contributed by atoms with E-state index in [1.165, 1.54) is 0 Å². The number of hydrogen-bond donors (Lipinski definition) is 1. The molecule has 1 fully saturated rings. The molecule has 0 saturated heterocycles. The summed E-state index contributed by atoms with van der Waals surface area (Å²) < 4.78 is 29.4. The summed E-state index contributed by atoms with van der Waals surface area (Å²) in [4.78, 5) is 23.9. The second-order valence-electron chi connectivity index (χ2n) is 7.32. The van der Waals surface area contributed by atoms with E-state index in [0.717, 1.165) is 11.8 Å². The van der Waals surface area contributed by atoms with Crippen molar-refractivity contribution in [2.24, 2.45) is 0 Å². The molecule has 6 nitrogen and oxygen atoms in total. The Morgan fingerprint density at radius 3 is 2.21 bits per heavy atom. The molecule has 1 N–H and O–H groups in total. The Kier molecular flexibility index (Phi) is 4.52. The predicted octanol–water partition coefficient (Wildman–Crippen LogP) is 1.97. The number of hydrogen-bond acceptors (Lipinski definition) is 5. The molecule has 1 aromatic rings. The molecule has 0 unspecified atom stereocenters. The first-order valence-electron chi connectivity index (χ1n) is 7.63. The molecule has 0 radical (unpaired) electrons. The van der Waals surface area contributed by atoms with Crippen molar-refractivity contribution < 1.29 is 22.7 Å². The van der Waals surface area contributed by atoms with Crippen LogP contribution in [-0.4, -0.2) is 43.4 Å². The first-order chi connectivity index (χ1) is 10.9. The lowest BCUT2D eigenvalue weighted by molar-refractivity contribution is -0.110. The molecule has 0 aliphatic heterocycles. The maximum absolute atomic E-state index is 12.1. The highest BCUT2D eigenvalue weighted by Crippen LogP contribution is 2.54. The summed E-state index contributed by atoms with van der Waals surface area (Å²) in [6.07, 6.45) is 0.770. The number of alkyl carbamates (subject to hydrolysis) is 1. The Morgan fingerprint density at radius 2 is 1.79 bits per heavy atom. The largest absolute Gasteiger partial charge is 0.444 e. The Bertz CT molecular complexity index is 748. The summed E-state index contributed by atoms with van der Waals surface area (Å²) in [6.45, 7) is 6.99. The number of amides is 1. The molecule has 24 heavy (non-hydrogen) atoms. The van der Waals surface area contributed by atoms with E-state index in [1.54, 1.807) is 32.9 Å². The lowest BCUT2D eigenvalue weighted by Crippen LogP contribution is -2.45. The van der Waals surface area contributed by atoms with E-state index in [2.05, 4.69) is 5.32 Å². The van der Waals surface area contributed by atoms with Crippen LogP contribution in [0.3, 0.4) is 0 Å². The summed E-state index contributed by atoms with van der Waals surface area (Å²) in [5.41, 5.74) is -0.528. The number of benzene rings is 1. The van der Waals surface area contributed by atoms with Gasteiger partial charge in [0.25, 0.3) is 0 Å². The van der Waals surface area contributed by atoms with E-state index < -0.39 is 38.2 Å². The lowest BCUT2D eigenvalue weighted by atomic mass is 10.1. The fourth-order valence-electron chi connectivity index (χ4n) is 3.00. The van der Waals surface area contributed by atoms with E-state index >= 15 is 0 Å². The van der Waals surface area contributed by atoms with Crippen molar-refractivity contribution >= 4 is 22.2 Å². The number of carbonyl (C=O) groups excluding carboxylic acids is 2. The van der Waals surface area contributed by atoms with Gasteiger partial charge in [0.2, 0.25) is 0 Å². The van der Waals surface area contributed by atoms with Gasteiger partial charge < -0.3 is 14.8 Å². The molecule has 7 heteroatoms. The van der Waals surface area contributed by atoms with E-state index in [1.807, 2.05) is 19.1 Å². The fourth-order valence-corrected chi connectivity index (χ4v) is 4.77. The van der Waals surface area contributed by atoms with Gasteiger partial charge in [-0.2, -0.15) is 0 Å². The van der Waals surface area contributed by atoms with Gasteiger partial charge in [-0.3, -0.25) is 0 Å². The number of aryl methyl sites for hydroxylation is 1. The molecule has 1 amide bonds. The van der Waals surface area contributed by atoms with Crippen LogP contribution in [0.4, 0.5) is 4.79 Å². The van der Waals surface area contributed by atoms with Crippen molar-refractivity contribution in [2.75, 3.05) is 6.26 Å². The minimum atomic E-state index is -3.55. The van der Waals surface area contributed by atoms with Crippen LogP contribution in [0, 0.1) is 6.92 Å². The second kappa shape index (κ2) is 5.88. The van der Waals surface area contributed by atoms with Crippen molar-refractivity contribution in [3.63, 3.8) is 0 Å². The average Bonchev–Trinajstić information content (AvgIpc) is 3.06. The summed E-state index contributed by atoms with van der Waals surface area (Å²) in [7, 11) is -3.55. The standard InChI is InChI=1S/C17H23NO5S/c1-11-6-8-12(9-7-11)13-14(24(5,21)22)17(13,10-19)18-15(20)23-16(2,3)4/h6-10,13-14H,1-5H3,(H,18,20)/t13-,14-,17-/m0/s1. The summed E-state index contributed by atoms with van der Waals surface area (Å²) in [6, 6.07) is 7.24. The summed E-state index contributed by atoms with van der Waals surface area (Å²) >= 11 is 0. The Hall–Kier alpha value is -1.89. The Balaban J connectivity index is 2.36. The lowest BCUT2D eigenvalue weighted by Gasteiger charge is -2.22. The topological polar surface area (TPSA) is 89.5 Å². The van der Waals surface area contributed by atoms with Gasteiger partial charge in [-0.25, -0.2) is 13.2 Å². The van der Waals surface area contributed by atoms with E-state index in [0.29, 0.717) is 11.8 Å². The van der Waals surface area contributed by atoms with Crippen molar-refractivity contribution in [2.45, 2.75) is 50.0 Å². The number of nitrogens with one attached hydrogen (secondary N) is 1. The average molecular weight is 353 g/mol. The van der Waals surface area contributed by atoms with Crippen molar-refractivity contribution in [3.8, 4) is 0 Å². The maximum Gasteiger partial charge on any atom is 0.408 e. The van der Waals surface area contributed by atoms with Gasteiger partial charge in [-0.15, -0.1) is 0 Å². The van der Waals surface area contributed by atoms with Crippen LogP contribution >= 0.6 is 0 Å². The van der Waals surface area contributed by atoms with Crippen LogP contribution in [-0.2, 0) is 19.4 Å². The molecule has 3 atom stereocenters. The normalized spacial score (nSPS) is 26.5. The number of carbonyl (C=O) groups is 2. The third-order valence-electron chi connectivity index (χ3n) is 3.99. The Morgan fingerprint density at radius 1 is 1.25 bits per heavy atom. The predicted molar refractivity (Wildman–Crippen MR) is 90.7 cm³/mol. The molecule has 1 aliphatic carbocycles. The molecular weight excluding hydrogens is 330 g/mol. The third kappa shape index (κ3) is 3.61. The van der Waals surface area contributed by atoms with Crippen LogP contribution in [0.5, 0.6) is 0 Å². The third-order valence-corrected chi connectivity index (χ3v) is 5.57. The molecule has 132 valence electrons. The van der Waals surface area contributed by atoms with Gasteiger partial charge >= 0.3 is 6.09 Å². The first-order valence-corrected chi connectivity index (χ1v) is 9.59. The SMILES string of the molecule is Cc1ccc([C@H]2[C@H](S(C)(=O)=O)[C@@]2(C=O)NC(=O)OC(C)(C)C)cc1. The number of aldehydes is 1. The van der Waals surface area contributed by atoms with E-state index in [-0.39, 0.29) is 0 Å². The molecule has 0 spiro atoms. The summed E-state index contributed by atoms with van der Waals surface area (Å²) in [5.74, 6) is -0.627. The van der Waals surface area contributed by atoms with Crippen LogP contribution < -0.4 is 5.32 Å². The van der Waals surface area contributed by atoms with Crippen LogP contribution in [0.1, 0.15) is 37.8 Å². The second-order valence-corrected chi connectivity index (χ2v) is 9.48. The van der Waals surface area contributed by atoms with E-state index in [4.69, 9.17) is 4.74 Å². The van der Waals surface area contributed by atoms with Gasteiger partial charge in [0.1, 0.15) is 22.7 Å². The quantitative estimate of drug-likeness (QED) is 0.836. The molecule has 1 aliphatic rings. The molecule has 2 rings (SSSR count). The van der Waals surface area contributed by atoms with Gasteiger partial charge in [0, 0.05) is 12.2 Å². The minimum Gasteiger partial charge on any atom is -0.444 e. The first kappa shape index (κ1) is 18.4. The highest BCUT2D eigenvalue weighted by Gasteiger charge is 2.71. The van der Waals surface area contributed by atoms with Crippen molar-refractivity contribution in [3.05, 3.63) is 35.4 Å². The zero-order valence-electron chi connectivity index (χ0n) is 14.5. The number of sulfone groups is 1. The van der Waals surface area contributed by atoms with Crippen LogP contribution in [0.2, 0.25) is 0 Å². The molecule has 0 aromatic heterocycles. The number of ether oxygens (including phenoxy) is 1.